The van der Waals surface area contributed by atoms with Gasteiger partial charge in [-0.3, -0.25) is 10.1 Å². The highest BCUT2D eigenvalue weighted by atomic mass is 16.6. The van der Waals surface area contributed by atoms with E-state index in [1.165, 1.54) is 13.8 Å². The summed E-state index contributed by atoms with van der Waals surface area (Å²) >= 11 is 0. The highest BCUT2D eigenvalue weighted by molar-refractivity contribution is 5.37. The fourth-order valence-electron chi connectivity index (χ4n) is 1.05. The molecule has 0 saturated carbocycles. The molecule has 0 aliphatic rings. The van der Waals surface area contributed by atoms with Crippen LogP contribution >= 0.6 is 0 Å². The molecule has 1 heterocycles. The van der Waals surface area contributed by atoms with Crippen LogP contribution in [0.15, 0.2) is 4.52 Å². The van der Waals surface area contributed by atoms with Gasteiger partial charge in [-0.2, -0.15) is 0 Å². The second kappa shape index (κ2) is 3.53. The zero-order chi connectivity index (χ0) is 10.0. The van der Waals surface area contributed by atoms with E-state index in [-0.39, 0.29) is 23.6 Å². The Balaban J connectivity index is 3.00. The molecule has 0 aliphatic heterocycles. The minimum atomic E-state index is -0.675. The summed E-state index contributed by atoms with van der Waals surface area (Å²) in [6.45, 7) is 3.02. The van der Waals surface area contributed by atoms with Crippen LogP contribution in [-0.4, -0.2) is 21.3 Å². The standard InChI is InChI=1S/C7H10N2O4/c1-4(10)3-6-7(9(11)12)5(2)8-13-6/h4,10H,3H2,1-2H3. The first kappa shape index (κ1) is 9.66. The third-order valence-corrected chi connectivity index (χ3v) is 1.56. The lowest BCUT2D eigenvalue weighted by molar-refractivity contribution is -0.386. The normalized spacial score (nSPS) is 12.8. The summed E-state index contributed by atoms with van der Waals surface area (Å²) in [6.07, 6.45) is -0.567. The Kier molecular flexibility index (Phi) is 2.62. The van der Waals surface area contributed by atoms with Crippen molar-refractivity contribution in [1.29, 1.82) is 0 Å². The van der Waals surface area contributed by atoms with Gasteiger partial charge in [0.2, 0.25) is 5.76 Å². The van der Waals surface area contributed by atoms with Crippen molar-refractivity contribution in [2.45, 2.75) is 26.4 Å². The van der Waals surface area contributed by atoms with E-state index >= 15 is 0 Å². The summed E-state index contributed by atoms with van der Waals surface area (Å²) in [5, 5.41) is 23.0. The zero-order valence-corrected chi connectivity index (χ0v) is 7.35. The van der Waals surface area contributed by atoms with Crippen LogP contribution in [0.3, 0.4) is 0 Å². The molecule has 1 rings (SSSR count). The third-order valence-electron chi connectivity index (χ3n) is 1.56. The second-order valence-electron chi connectivity index (χ2n) is 2.85. The van der Waals surface area contributed by atoms with Crippen molar-refractivity contribution in [3.63, 3.8) is 0 Å². The predicted octanol–water partition coefficient (Wildman–Crippen LogP) is 0.815. The smallest absolute Gasteiger partial charge is 0.334 e. The van der Waals surface area contributed by atoms with Gasteiger partial charge >= 0.3 is 5.69 Å². The highest BCUT2D eigenvalue weighted by Gasteiger charge is 2.24. The monoisotopic (exact) mass is 186 g/mol. The summed E-state index contributed by atoms with van der Waals surface area (Å²) in [7, 11) is 0. The largest absolute Gasteiger partial charge is 0.393 e. The van der Waals surface area contributed by atoms with E-state index in [0.717, 1.165) is 0 Å². The van der Waals surface area contributed by atoms with Crippen molar-refractivity contribution in [1.82, 2.24) is 5.16 Å². The van der Waals surface area contributed by atoms with Crippen LogP contribution in [0, 0.1) is 17.0 Å². The van der Waals surface area contributed by atoms with Crippen LogP contribution in [0.2, 0.25) is 0 Å². The number of hydrogen-bond donors (Lipinski definition) is 1. The molecule has 6 heteroatoms. The molecule has 72 valence electrons. The zero-order valence-electron chi connectivity index (χ0n) is 7.35. The Morgan fingerprint density at radius 3 is 2.85 bits per heavy atom. The fraction of sp³-hybridized carbons (Fsp3) is 0.571. The van der Waals surface area contributed by atoms with Gasteiger partial charge in [0.25, 0.3) is 0 Å². The van der Waals surface area contributed by atoms with E-state index < -0.39 is 11.0 Å². The van der Waals surface area contributed by atoms with Crippen LogP contribution in [0.1, 0.15) is 18.4 Å². The number of aryl methyl sites for hydroxylation is 1. The Morgan fingerprint density at radius 1 is 1.77 bits per heavy atom. The molecule has 1 N–H and O–H groups in total. The van der Waals surface area contributed by atoms with Crippen LogP contribution in [0.25, 0.3) is 0 Å². The summed E-state index contributed by atoms with van der Waals surface area (Å²) < 4.78 is 4.72. The molecule has 0 fully saturated rings. The highest BCUT2D eigenvalue weighted by Crippen LogP contribution is 2.23. The fourth-order valence-corrected chi connectivity index (χ4v) is 1.05. The van der Waals surface area contributed by atoms with E-state index in [1.54, 1.807) is 0 Å². The van der Waals surface area contributed by atoms with Gasteiger partial charge in [-0.15, -0.1) is 0 Å². The number of aliphatic hydroxyl groups is 1. The minimum absolute atomic E-state index is 0.108. The van der Waals surface area contributed by atoms with Crippen LogP contribution in [-0.2, 0) is 6.42 Å². The lowest BCUT2D eigenvalue weighted by Gasteiger charge is -1.97. The Morgan fingerprint density at radius 2 is 2.38 bits per heavy atom. The van der Waals surface area contributed by atoms with Crippen LogP contribution in [0.5, 0.6) is 0 Å². The van der Waals surface area contributed by atoms with E-state index in [4.69, 9.17) is 9.63 Å². The van der Waals surface area contributed by atoms with Gasteiger partial charge in [-0.25, -0.2) is 0 Å². The van der Waals surface area contributed by atoms with Crippen molar-refractivity contribution in [2.24, 2.45) is 0 Å². The Bertz CT molecular complexity index is 318. The van der Waals surface area contributed by atoms with Crippen molar-refractivity contribution >= 4 is 5.69 Å². The van der Waals surface area contributed by atoms with E-state index in [2.05, 4.69) is 5.16 Å². The van der Waals surface area contributed by atoms with Crippen LogP contribution in [0.4, 0.5) is 5.69 Å². The number of rotatable bonds is 3. The number of aliphatic hydroxyl groups excluding tert-OH is 1. The van der Waals surface area contributed by atoms with Crippen molar-refractivity contribution in [3.05, 3.63) is 21.6 Å². The van der Waals surface area contributed by atoms with Gasteiger partial charge in [0.1, 0.15) is 0 Å². The Labute approximate surface area is 74.3 Å². The number of nitrogens with zero attached hydrogens (tertiary/aromatic N) is 2. The molecule has 13 heavy (non-hydrogen) atoms. The maximum Gasteiger partial charge on any atom is 0.334 e. The topological polar surface area (TPSA) is 89.4 Å². The van der Waals surface area contributed by atoms with E-state index in [9.17, 15) is 10.1 Å². The summed E-state index contributed by atoms with van der Waals surface area (Å²) in [5.74, 6) is 0.123. The molecule has 0 saturated heterocycles. The van der Waals surface area contributed by atoms with Gasteiger partial charge < -0.3 is 9.63 Å². The van der Waals surface area contributed by atoms with Crippen LogP contribution < -0.4 is 0 Å². The first-order valence-electron chi connectivity index (χ1n) is 3.80. The third kappa shape index (κ3) is 2.03. The average molecular weight is 186 g/mol. The molecule has 0 aliphatic carbocycles. The Hall–Kier alpha value is -1.43. The van der Waals surface area contributed by atoms with Crippen molar-refractivity contribution < 1.29 is 14.6 Å². The summed E-state index contributed by atoms with van der Waals surface area (Å²) in [5.41, 5.74) is 0.0987. The number of aromatic nitrogens is 1. The minimum Gasteiger partial charge on any atom is -0.393 e. The average Bonchev–Trinajstić information content (AvgIpc) is 2.30. The molecule has 0 spiro atoms. The molecule has 1 aromatic rings. The van der Waals surface area contributed by atoms with Gasteiger partial charge in [-0.05, 0) is 13.8 Å². The number of hydrogen-bond acceptors (Lipinski definition) is 5. The second-order valence-corrected chi connectivity index (χ2v) is 2.85. The molecular formula is C7H10N2O4. The lowest BCUT2D eigenvalue weighted by Crippen LogP contribution is -2.05. The van der Waals surface area contributed by atoms with Gasteiger partial charge in [0.15, 0.2) is 5.69 Å². The summed E-state index contributed by atoms with van der Waals surface area (Å²) in [6, 6.07) is 0. The number of nitro groups is 1. The lowest BCUT2D eigenvalue weighted by atomic mass is 10.2. The van der Waals surface area contributed by atoms with Crippen molar-refractivity contribution in [2.75, 3.05) is 0 Å². The van der Waals surface area contributed by atoms with E-state index in [0.29, 0.717) is 0 Å². The molecule has 1 atom stereocenters. The van der Waals surface area contributed by atoms with Gasteiger partial charge in [-0.1, -0.05) is 5.16 Å². The molecule has 1 aromatic heterocycles. The maximum absolute atomic E-state index is 10.5. The van der Waals surface area contributed by atoms with E-state index in [1.807, 2.05) is 0 Å². The SMILES string of the molecule is Cc1noc(CC(C)O)c1[N+](=O)[O-]. The first-order valence-corrected chi connectivity index (χ1v) is 3.80. The van der Waals surface area contributed by atoms with Crippen molar-refractivity contribution in [3.8, 4) is 0 Å². The molecule has 6 nitrogen and oxygen atoms in total. The molecule has 1 unspecified atom stereocenters. The van der Waals surface area contributed by atoms with Gasteiger partial charge in [0.05, 0.1) is 11.0 Å². The predicted molar refractivity (Wildman–Crippen MR) is 43.3 cm³/mol. The quantitative estimate of drug-likeness (QED) is 0.557. The van der Waals surface area contributed by atoms with Gasteiger partial charge in [0, 0.05) is 6.42 Å². The molecule has 0 bridgehead atoms. The molecule has 0 aromatic carbocycles. The first-order chi connectivity index (χ1) is 6.02. The molecule has 0 radical (unpaired) electrons. The molecular weight excluding hydrogens is 176 g/mol. The summed E-state index contributed by atoms with van der Waals surface area (Å²) in [4.78, 5) is 9.96. The molecule has 0 amide bonds. The maximum atomic E-state index is 10.5.